The minimum atomic E-state index is -1.26. The van der Waals surface area contributed by atoms with E-state index in [0.29, 0.717) is 16.9 Å². The Hall–Kier alpha value is -2.94. The van der Waals surface area contributed by atoms with Gasteiger partial charge in [-0.1, -0.05) is 28.1 Å². The molecule has 2 rings (SSSR count). The Kier molecular flexibility index (Phi) is 7.72. The molecule has 8 nitrogen and oxygen atoms in total. The summed E-state index contributed by atoms with van der Waals surface area (Å²) < 4.78 is 10.7. The number of hydrogen-bond donors (Lipinski definition) is 1. The van der Waals surface area contributed by atoms with Gasteiger partial charge in [-0.3, -0.25) is 14.9 Å². The highest BCUT2D eigenvalue weighted by Gasteiger charge is 2.41. The van der Waals surface area contributed by atoms with Gasteiger partial charge in [0.15, 0.2) is 0 Å². The van der Waals surface area contributed by atoms with Crippen LogP contribution in [-0.2, 0) is 9.53 Å². The monoisotopic (exact) mass is 464 g/mol. The number of carbonyl (C=O) groups is 2. The van der Waals surface area contributed by atoms with Gasteiger partial charge >= 0.3 is 5.97 Å². The molecule has 2 aromatic carbocycles. The fourth-order valence-corrected chi connectivity index (χ4v) is 3.22. The molecule has 0 spiro atoms. The van der Waals surface area contributed by atoms with Gasteiger partial charge in [-0.15, -0.1) is 0 Å². The SMILES string of the molecule is COC(=O)[C@@H](NC(=O)c1ccc(Br)cc1)[C@H](c1ccc(OC)cc1)[C@@H](C)[N+](=O)[O-]. The van der Waals surface area contributed by atoms with Crippen LogP contribution in [0.1, 0.15) is 28.8 Å². The number of rotatable bonds is 8. The zero-order valence-electron chi connectivity index (χ0n) is 16.1. The van der Waals surface area contributed by atoms with Gasteiger partial charge in [-0.05, 0) is 42.0 Å². The molecule has 9 heteroatoms. The molecule has 1 N–H and O–H groups in total. The highest BCUT2D eigenvalue weighted by atomic mass is 79.9. The Labute approximate surface area is 176 Å². The smallest absolute Gasteiger partial charge is 0.329 e. The molecule has 154 valence electrons. The second-order valence-corrected chi connectivity index (χ2v) is 7.22. The molecule has 0 aromatic heterocycles. The third kappa shape index (κ3) is 5.54. The lowest BCUT2D eigenvalue weighted by Crippen LogP contribution is -2.49. The van der Waals surface area contributed by atoms with Gasteiger partial charge in [-0.2, -0.15) is 0 Å². The van der Waals surface area contributed by atoms with Crippen LogP contribution in [0.25, 0.3) is 0 Å². The number of esters is 1. The van der Waals surface area contributed by atoms with Crippen LogP contribution in [0.5, 0.6) is 5.75 Å². The number of hydrogen-bond acceptors (Lipinski definition) is 6. The van der Waals surface area contributed by atoms with Crippen LogP contribution in [0.3, 0.4) is 0 Å². The molecule has 0 heterocycles. The van der Waals surface area contributed by atoms with Crippen molar-refractivity contribution in [1.29, 1.82) is 0 Å². The molecular formula is C20H21BrN2O6. The number of benzene rings is 2. The molecule has 0 aliphatic rings. The minimum absolute atomic E-state index is 0.310. The average molecular weight is 465 g/mol. The Morgan fingerprint density at radius 3 is 2.14 bits per heavy atom. The number of methoxy groups -OCH3 is 2. The standard InChI is InChI=1S/C20H21BrN2O6/c1-12(23(26)27)17(13-6-10-16(28-2)11-7-13)18(20(25)29-3)22-19(24)14-4-8-15(21)9-5-14/h4-12,17-18H,1-3H3,(H,22,24)/t12-,17+,18+/m1/s1. The van der Waals surface area contributed by atoms with E-state index >= 15 is 0 Å². The van der Waals surface area contributed by atoms with Gasteiger partial charge in [0.05, 0.1) is 20.1 Å². The Morgan fingerprint density at radius 2 is 1.66 bits per heavy atom. The molecule has 3 atom stereocenters. The van der Waals surface area contributed by atoms with E-state index in [-0.39, 0.29) is 0 Å². The number of halogens is 1. The number of ether oxygens (including phenoxy) is 2. The largest absolute Gasteiger partial charge is 0.497 e. The van der Waals surface area contributed by atoms with E-state index in [9.17, 15) is 19.7 Å². The molecular weight excluding hydrogens is 444 g/mol. The molecule has 0 unspecified atom stereocenters. The van der Waals surface area contributed by atoms with Crippen LogP contribution in [0.4, 0.5) is 0 Å². The molecule has 0 fully saturated rings. The summed E-state index contributed by atoms with van der Waals surface area (Å²) in [6.07, 6.45) is 0. The maximum atomic E-state index is 12.7. The summed E-state index contributed by atoms with van der Waals surface area (Å²) in [7, 11) is 2.67. The summed E-state index contributed by atoms with van der Waals surface area (Å²) >= 11 is 3.29. The van der Waals surface area contributed by atoms with Crippen LogP contribution >= 0.6 is 15.9 Å². The highest BCUT2D eigenvalue weighted by molar-refractivity contribution is 9.10. The summed E-state index contributed by atoms with van der Waals surface area (Å²) in [6, 6.07) is 10.6. The van der Waals surface area contributed by atoms with Crippen molar-refractivity contribution in [3.63, 3.8) is 0 Å². The summed E-state index contributed by atoms with van der Waals surface area (Å²) in [5, 5.41) is 14.2. The van der Waals surface area contributed by atoms with Crippen LogP contribution in [0, 0.1) is 10.1 Å². The number of nitro groups is 1. The number of amides is 1. The van der Waals surface area contributed by atoms with Crippen LogP contribution in [0.2, 0.25) is 0 Å². The molecule has 0 aliphatic heterocycles. The van der Waals surface area contributed by atoms with Gasteiger partial charge in [0.2, 0.25) is 6.04 Å². The topological polar surface area (TPSA) is 108 Å². The van der Waals surface area contributed by atoms with Gasteiger partial charge in [0.1, 0.15) is 11.8 Å². The van der Waals surface area contributed by atoms with E-state index in [4.69, 9.17) is 9.47 Å². The zero-order chi connectivity index (χ0) is 21.6. The molecule has 0 saturated heterocycles. The molecule has 0 radical (unpaired) electrons. The first-order valence-electron chi connectivity index (χ1n) is 8.70. The van der Waals surface area contributed by atoms with Crippen molar-refractivity contribution in [1.82, 2.24) is 5.32 Å². The van der Waals surface area contributed by atoms with Crippen molar-refractivity contribution in [3.05, 3.63) is 74.2 Å². The van der Waals surface area contributed by atoms with Gasteiger partial charge in [0.25, 0.3) is 5.91 Å². The third-order valence-electron chi connectivity index (χ3n) is 4.56. The predicted molar refractivity (Wildman–Crippen MR) is 110 cm³/mol. The van der Waals surface area contributed by atoms with E-state index in [1.807, 2.05) is 0 Å². The Bertz CT molecular complexity index is 870. The van der Waals surface area contributed by atoms with Crippen molar-refractivity contribution in [2.45, 2.75) is 24.9 Å². The number of nitrogens with zero attached hydrogens (tertiary/aromatic N) is 1. The highest BCUT2D eigenvalue weighted by Crippen LogP contribution is 2.28. The van der Waals surface area contributed by atoms with Crippen molar-refractivity contribution in [2.75, 3.05) is 14.2 Å². The number of carbonyl (C=O) groups excluding carboxylic acids is 2. The number of nitrogens with one attached hydrogen (secondary N) is 1. The van der Waals surface area contributed by atoms with Crippen molar-refractivity contribution < 1.29 is 24.0 Å². The first-order valence-corrected chi connectivity index (χ1v) is 9.49. The fourth-order valence-electron chi connectivity index (χ4n) is 2.95. The van der Waals surface area contributed by atoms with Crippen molar-refractivity contribution >= 4 is 27.8 Å². The molecule has 0 aliphatic carbocycles. The molecule has 2 aromatic rings. The Balaban J connectivity index is 2.44. The molecule has 29 heavy (non-hydrogen) atoms. The summed E-state index contributed by atoms with van der Waals surface area (Å²) in [5.74, 6) is -1.70. The lowest BCUT2D eigenvalue weighted by Gasteiger charge is -2.27. The lowest BCUT2D eigenvalue weighted by molar-refractivity contribution is -0.522. The molecule has 0 saturated carbocycles. The maximum absolute atomic E-state index is 12.7. The van der Waals surface area contributed by atoms with Gasteiger partial charge in [-0.25, -0.2) is 4.79 Å². The average Bonchev–Trinajstić information content (AvgIpc) is 2.73. The summed E-state index contributed by atoms with van der Waals surface area (Å²) in [6.45, 7) is 1.39. The second kappa shape index (κ2) is 10.0. The zero-order valence-corrected chi connectivity index (χ0v) is 17.7. The van der Waals surface area contributed by atoms with Crippen LogP contribution in [0.15, 0.2) is 53.0 Å². The fraction of sp³-hybridized carbons (Fsp3) is 0.300. The van der Waals surface area contributed by atoms with E-state index in [1.165, 1.54) is 21.1 Å². The molecule has 1 amide bonds. The van der Waals surface area contributed by atoms with E-state index in [1.54, 1.807) is 48.5 Å². The first kappa shape index (κ1) is 22.4. The van der Waals surface area contributed by atoms with Gasteiger partial charge in [0, 0.05) is 21.9 Å². The minimum Gasteiger partial charge on any atom is -0.497 e. The summed E-state index contributed by atoms with van der Waals surface area (Å²) in [5.41, 5.74) is 0.811. The van der Waals surface area contributed by atoms with Crippen molar-refractivity contribution in [2.24, 2.45) is 0 Å². The van der Waals surface area contributed by atoms with Crippen molar-refractivity contribution in [3.8, 4) is 5.75 Å². The van der Waals surface area contributed by atoms with E-state index in [0.717, 1.165) is 4.47 Å². The summed E-state index contributed by atoms with van der Waals surface area (Å²) in [4.78, 5) is 36.3. The normalized spacial score (nSPS) is 13.7. The maximum Gasteiger partial charge on any atom is 0.329 e. The second-order valence-electron chi connectivity index (χ2n) is 6.31. The quantitative estimate of drug-likeness (QED) is 0.365. The van der Waals surface area contributed by atoms with Gasteiger partial charge < -0.3 is 14.8 Å². The molecule has 0 bridgehead atoms. The third-order valence-corrected chi connectivity index (χ3v) is 5.09. The van der Waals surface area contributed by atoms with E-state index < -0.39 is 34.8 Å². The van der Waals surface area contributed by atoms with Crippen LogP contribution < -0.4 is 10.1 Å². The lowest BCUT2D eigenvalue weighted by atomic mass is 9.85. The van der Waals surface area contributed by atoms with E-state index in [2.05, 4.69) is 21.2 Å². The first-order chi connectivity index (χ1) is 13.8. The Morgan fingerprint density at radius 1 is 1.07 bits per heavy atom. The van der Waals surface area contributed by atoms with Crippen LogP contribution in [-0.4, -0.2) is 43.1 Å². The predicted octanol–water partition coefficient (Wildman–Crippen LogP) is 3.18.